The van der Waals surface area contributed by atoms with Gasteiger partial charge in [0.1, 0.15) is 12.4 Å². The molecule has 0 radical (unpaired) electrons. The number of sulfonamides is 1. The monoisotopic (exact) mass is 352 g/mol. The summed E-state index contributed by atoms with van der Waals surface area (Å²) >= 11 is 0. The van der Waals surface area contributed by atoms with Gasteiger partial charge in [0.05, 0.1) is 22.0 Å². The number of carbonyl (C=O) groups excluding carboxylic acids is 1. The van der Waals surface area contributed by atoms with Crippen molar-refractivity contribution in [1.29, 1.82) is 0 Å². The van der Waals surface area contributed by atoms with Crippen LogP contribution in [0.15, 0.2) is 18.2 Å². The van der Waals surface area contributed by atoms with E-state index in [2.05, 4.69) is 4.72 Å². The summed E-state index contributed by atoms with van der Waals surface area (Å²) in [4.78, 5) is 14.5. The molecule has 1 aromatic rings. The molecule has 2 aliphatic rings. The van der Waals surface area contributed by atoms with E-state index in [4.69, 9.17) is 4.74 Å². The first kappa shape index (κ1) is 17.1. The van der Waals surface area contributed by atoms with Gasteiger partial charge < -0.3 is 9.64 Å². The van der Waals surface area contributed by atoms with Gasteiger partial charge in [-0.2, -0.15) is 0 Å². The van der Waals surface area contributed by atoms with Crippen LogP contribution in [0, 0.1) is 5.41 Å². The Morgan fingerprint density at radius 2 is 2.04 bits per heavy atom. The highest BCUT2D eigenvalue weighted by Gasteiger charge is 2.38. The van der Waals surface area contributed by atoms with Crippen LogP contribution < -0.4 is 14.4 Å². The molecule has 7 heteroatoms. The first-order valence-corrected chi connectivity index (χ1v) is 9.90. The summed E-state index contributed by atoms with van der Waals surface area (Å²) in [5, 5.41) is -0.283. The van der Waals surface area contributed by atoms with E-state index in [0.717, 1.165) is 6.42 Å². The zero-order valence-electron chi connectivity index (χ0n) is 14.3. The second-order valence-corrected chi connectivity index (χ2v) is 9.12. The molecule has 3 rings (SSSR count). The van der Waals surface area contributed by atoms with Crippen LogP contribution in [0.25, 0.3) is 0 Å². The molecule has 1 aliphatic carbocycles. The quantitative estimate of drug-likeness (QED) is 0.884. The molecule has 1 heterocycles. The van der Waals surface area contributed by atoms with E-state index in [1.54, 1.807) is 23.1 Å². The third-order valence-corrected chi connectivity index (χ3v) is 6.20. The molecule has 24 heavy (non-hydrogen) atoms. The van der Waals surface area contributed by atoms with E-state index >= 15 is 0 Å². The molecule has 0 spiro atoms. The molecule has 1 aromatic carbocycles. The Bertz CT molecular complexity index is 754. The fourth-order valence-corrected chi connectivity index (χ4v) is 4.16. The maximum Gasteiger partial charge on any atom is 0.236 e. The number of hydrogen-bond donors (Lipinski definition) is 1. The van der Waals surface area contributed by atoms with Gasteiger partial charge in [-0.3, -0.25) is 9.52 Å². The van der Waals surface area contributed by atoms with E-state index in [1.807, 2.05) is 20.8 Å². The van der Waals surface area contributed by atoms with Crippen LogP contribution in [0.1, 0.15) is 40.0 Å². The molecule has 132 valence electrons. The highest BCUT2D eigenvalue weighted by Crippen LogP contribution is 2.39. The molecular formula is C17H24N2O4S. The first-order chi connectivity index (χ1) is 11.2. The third-order valence-electron chi connectivity index (χ3n) is 4.33. The second kappa shape index (κ2) is 5.95. The predicted octanol–water partition coefficient (Wildman–Crippen LogP) is 2.75. The Hall–Kier alpha value is -1.76. The van der Waals surface area contributed by atoms with Crippen LogP contribution in [0.5, 0.6) is 5.75 Å². The molecule has 0 saturated heterocycles. The van der Waals surface area contributed by atoms with Gasteiger partial charge in [0.15, 0.2) is 0 Å². The zero-order chi connectivity index (χ0) is 17.5. The fraction of sp³-hybridized carbons (Fsp3) is 0.588. The minimum absolute atomic E-state index is 0.0226. The Balaban J connectivity index is 1.94. The molecular weight excluding hydrogens is 328 g/mol. The van der Waals surface area contributed by atoms with E-state index in [0.29, 0.717) is 36.5 Å². The summed E-state index contributed by atoms with van der Waals surface area (Å²) in [6, 6.07) is 5.12. The van der Waals surface area contributed by atoms with Crippen molar-refractivity contribution in [2.45, 2.75) is 45.3 Å². The Morgan fingerprint density at radius 1 is 1.33 bits per heavy atom. The summed E-state index contributed by atoms with van der Waals surface area (Å²) in [5.41, 5.74) is 0.549. The molecule has 1 amide bonds. The van der Waals surface area contributed by atoms with Gasteiger partial charge in [0, 0.05) is 12.6 Å². The number of ether oxygens (including phenoxy) is 1. The molecule has 6 nitrogen and oxygen atoms in total. The largest absolute Gasteiger partial charge is 0.490 e. The number of rotatable bonds is 5. The fourth-order valence-electron chi connectivity index (χ4n) is 2.78. The van der Waals surface area contributed by atoms with Crippen molar-refractivity contribution in [2.75, 3.05) is 22.8 Å². The summed E-state index contributed by atoms with van der Waals surface area (Å²) < 4.78 is 32.7. The first-order valence-electron chi connectivity index (χ1n) is 8.35. The topological polar surface area (TPSA) is 75.7 Å². The molecule has 1 saturated carbocycles. The molecule has 0 bridgehead atoms. The average molecular weight is 352 g/mol. The summed E-state index contributed by atoms with van der Waals surface area (Å²) in [5.74, 6) is 0.563. The average Bonchev–Trinajstić information content (AvgIpc) is 3.35. The van der Waals surface area contributed by atoms with Crippen LogP contribution in [0.4, 0.5) is 11.4 Å². The van der Waals surface area contributed by atoms with E-state index < -0.39 is 15.4 Å². The predicted molar refractivity (Wildman–Crippen MR) is 93.9 cm³/mol. The number of nitrogens with one attached hydrogen (secondary N) is 1. The number of benzene rings is 1. The molecule has 1 fully saturated rings. The van der Waals surface area contributed by atoms with Crippen molar-refractivity contribution >= 4 is 27.3 Å². The molecule has 0 unspecified atom stereocenters. The third kappa shape index (κ3) is 3.22. The number of hydrogen-bond acceptors (Lipinski definition) is 4. The lowest BCUT2D eigenvalue weighted by atomic mass is 9.93. The number of carbonyl (C=O) groups is 1. The Morgan fingerprint density at radius 3 is 2.67 bits per heavy atom. The number of fused-ring (bicyclic) bond motifs is 1. The van der Waals surface area contributed by atoms with Gasteiger partial charge in [-0.05, 0) is 45.2 Å². The van der Waals surface area contributed by atoms with Gasteiger partial charge in [-0.15, -0.1) is 0 Å². The summed E-state index contributed by atoms with van der Waals surface area (Å²) in [6.07, 6.45) is 2.25. The molecule has 1 N–H and O–H groups in total. The number of anilines is 2. The van der Waals surface area contributed by atoms with E-state index in [9.17, 15) is 13.2 Å². The number of nitrogens with zero attached hydrogens (tertiary/aromatic N) is 1. The van der Waals surface area contributed by atoms with Crippen molar-refractivity contribution in [3.8, 4) is 5.75 Å². The SMILES string of the molecule is CCCN1C(=O)C(C)(C)COc2cc(NS(=O)(=O)C3CC3)ccc21. The highest BCUT2D eigenvalue weighted by atomic mass is 32.2. The van der Waals surface area contributed by atoms with Gasteiger partial charge in [-0.1, -0.05) is 6.92 Å². The van der Waals surface area contributed by atoms with E-state index in [1.165, 1.54) is 0 Å². The lowest BCUT2D eigenvalue weighted by molar-refractivity contribution is -0.127. The van der Waals surface area contributed by atoms with Crippen molar-refractivity contribution < 1.29 is 17.9 Å². The van der Waals surface area contributed by atoms with E-state index in [-0.39, 0.29) is 17.8 Å². The molecule has 0 aromatic heterocycles. The maximum absolute atomic E-state index is 12.8. The van der Waals surface area contributed by atoms with Crippen LogP contribution in [-0.4, -0.2) is 32.7 Å². The zero-order valence-corrected chi connectivity index (χ0v) is 15.1. The van der Waals surface area contributed by atoms with Crippen LogP contribution >= 0.6 is 0 Å². The van der Waals surface area contributed by atoms with Gasteiger partial charge in [0.25, 0.3) is 0 Å². The highest BCUT2D eigenvalue weighted by molar-refractivity contribution is 7.93. The number of amides is 1. The smallest absolute Gasteiger partial charge is 0.236 e. The standard InChI is InChI=1S/C17H24N2O4S/c1-4-9-19-14-8-5-12(18-24(21,22)13-6-7-13)10-15(14)23-11-17(2,3)16(19)20/h5,8,10,13,18H,4,6-7,9,11H2,1-3H3. The van der Waals surface area contributed by atoms with Crippen LogP contribution in [0.3, 0.4) is 0 Å². The van der Waals surface area contributed by atoms with Crippen LogP contribution in [0.2, 0.25) is 0 Å². The minimum atomic E-state index is -3.32. The van der Waals surface area contributed by atoms with Crippen molar-refractivity contribution in [3.05, 3.63) is 18.2 Å². The minimum Gasteiger partial charge on any atom is -0.490 e. The Labute approximate surface area is 143 Å². The molecule has 0 atom stereocenters. The summed E-state index contributed by atoms with van der Waals surface area (Å²) in [7, 11) is -3.32. The van der Waals surface area contributed by atoms with Gasteiger partial charge in [0.2, 0.25) is 15.9 Å². The van der Waals surface area contributed by atoms with Crippen molar-refractivity contribution in [3.63, 3.8) is 0 Å². The normalized spacial score (nSPS) is 20.1. The second-order valence-electron chi connectivity index (χ2n) is 7.16. The summed E-state index contributed by atoms with van der Waals surface area (Å²) in [6.45, 7) is 6.61. The Kier molecular flexibility index (Phi) is 4.23. The van der Waals surface area contributed by atoms with Crippen LogP contribution in [-0.2, 0) is 14.8 Å². The lowest BCUT2D eigenvalue weighted by Gasteiger charge is -2.27. The van der Waals surface area contributed by atoms with Crippen molar-refractivity contribution in [2.24, 2.45) is 5.41 Å². The maximum atomic E-state index is 12.8. The van der Waals surface area contributed by atoms with Crippen molar-refractivity contribution in [1.82, 2.24) is 0 Å². The lowest BCUT2D eigenvalue weighted by Crippen LogP contribution is -2.42. The van der Waals surface area contributed by atoms with Gasteiger partial charge >= 0.3 is 0 Å². The molecule has 1 aliphatic heterocycles. The van der Waals surface area contributed by atoms with Gasteiger partial charge in [-0.25, -0.2) is 8.42 Å².